The number of rotatable bonds is 4. The molecule has 78 valence electrons. The molecule has 0 radical (unpaired) electrons. The highest BCUT2D eigenvalue weighted by atomic mass is 35.5. The number of anilines is 2. The second kappa shape index (κ2) is 4.95. The van der Waals surface area contributed by atoms with E-state index in [0.29, 0.717) is 16.5 Å². The van der Waals surface area contributed by atoms with Crippen LogP contribution in [0.1, 0.15) is 6.42 Å². The van der Waals surface area contributed by atoms with Crippen LogP contribution in [0.15, 0.2) is 12.3 Å². The molecule has 1 aromatic rings. The fraction of sp³-hybridized carbons (Fsp3) is 0.375. The van der Waals surface area contributed by atoms with Crippen molar-refractivity contribution in [2.75, 3.05) is 17.6 Å². The van der Waals surface area contributed by atoms with Gasteiger partial charge in [0.05, 0.1) is 10.7 Å². The number of alkyl halides is 2. The van der Waals surface area contributed by atoms with Gasteiger partial charge >= 0.3 is 0 Å². The molecular formula is C8H10ClF2N3. The van der Waals surface area contributed by atoms with Crippen molar-refractivity contribution in [2.24, 2.45) is 0 Å². The molecule has 1 rings (SSSR count). The Morgan fingerprint density at radius 3 is 2.86 bits per heavy atom. The molecule has 1 heterocycles. The Hall–Kier alpha value is -1.10. The fourth-order valence-electron chi connectivity index (χ4n) is 0.902. The Morgan fingerprint density at radius 1 is 1.57 bits per heavy atom. The minimum absolute atomic E-state index is 0.135. The lowest BCUT2D eigenvalue weighted by molar-refractivity contribution is 0.142. The second-order valence-corrected chi connectivity index (χ2v) is 3.13. The Bertz CT molecular complexity index is 307. The Morgan fingerprint density at radius 2 is 2.29 bits per heavy atom. The summed E-state index contributed by atoms with van der Waals surface area (Å²) in [6.07, 6.45) is -1.15. The van der Waals surface area contributed by atoms with E-state index < -0.39 is 6.43 Å². The Kier molecular flexibility index (Phi) is 3.88. The molecule has 0 aliphatic rings. The smallest absolute Gasteiger partial charge is 0.240 e. The fourth-order valence-corrected chi connectivity index (χ4v) is 1.07. The number of aromatic nitrogens is 1. The van der Waals surface area contributed by atoms with Crippen molar-refractivity contribution in [1.29, 1.82) is 0 Å². The molecule has 0 spiro atoms. The lowest BCUT2D eigenvalue weighted by Gasteiger charge is -2.07. The Labute approximate surface area is 85.3 Å². The van der Waals surface area contributed by atoms with Gasteiger partial charge in [-0.3, -0.25) is 0 Å². The number of nitrogen functional groups attached to an aromatic ring is 1. The van der Waals surface area contributed by atoms with Gasteiger partial charge in [-0.15, -0.1) is 0 Å². The predicted molar refractivity (Wildman–Crippen MR) is 52.8 cm³/mol. The van der Waals surface area contributed by atoms with Gasteiger partial charge in [-0.05, 0) is 6.07 Å². The number of nitrogens with zero attached hydrogens (tertiary/aromatic N) is 1. The Balaban J connectivity index is 2.51. The van der Waals surface area contributed by atoms with Crippen molar-refractivity contribution in [1.82, 2.24) is 4.98 Å². The molecule has 3 nitrogen and oxygen atoms in total. The van der Waals surface area contributed by atoms with Gasteiger partial charge in [0.2, 0.25) is 6.43 Å². The summed E-state index contributed by atoms with van der Waals surface area (Å²) in [5.74, 6) is 0.384. The van der Waals surface area contributed by atoms with E-state index in [0.717, 1.165) is 0 Å². The maximum absolute atomic E-state index is 11.8. The molecule has 14 heavy (non-hydrogen) atoms. The van der Waals surface area contributed by atoms with Gasteiger partial charge in [0, 0.05) is 19.2 Å². The van der Waals surface area contributed by atoms with E-state index in [1.807, 2.05) is 0 Å². The third kappa shape index (κ3) is 3.33. The summed E-state index contributed by atoms with van der Waals surface area (Å²) in [5, 5.41) is 3.12. The third-order valence-corrected chi connectivity index (χ3v) is 1.75. The number of halogens is 3. The molecule has 0 atom stereocenters. The first kappa shape index (κ1) is 11.0. The zero-order valence-corrected chi connectivity index (χ0v) is 8.06. The first-order valence-electron chi connectivity index (χ1n) is 4.02. The van der Waals surface area contributed by atoms with Crippen LogP contribution in [0.3, 0.4) is 0 Å². The van der Waals surface area contributed by atoms with Gasteiger partial charge < -0.3 is 11.1 Å². The highest BCUT2D eigenvalue weighted by molar-refractivity contribution is 6.30. The average Bonchev–Trinajstić information content (AvgIpc) is 2.08. The summed E-state index contributed by atoms with van der Waals surface area (Å²) in [4.78, 5) is 3.86. The molecule has 3 N–H and O–H groups in total. The van der Waals surface area contributed by atoms with Crippen LogP contribution in [0.4, 0.5) is 20.3 Å². The summed E-state index contributed by atoms with van der Waals surface area (Å²) in [7, 11) is 0. The van der Waals surface area contributed by atoms with E-state index in [-0.39, 0.29) is 13.0 Å². The topological polar surface area (TPSA) is 50.9 Å². The average molecular weight is 222 g/mol. The molecule has 0 fully saturated rings. The van der Waals surface area contributed by atoms with Crippen molar-refractivity contribution in [3.63, 3.8) is 0 Å². The highest BCUT2D eigenvalue weighted by Gasteiger charge is 2.04. The molecule has 0 aliphatic carbocycles. The predicted octanol–water partition coefficient (Wildman–Crippen LogP) is 2.38. The molecule has 0 aliphatic heterocycles. The van der Waals surface area contributed by atoms with Crippen molar-refractivity contribution < 1.29 is 8.78 Å². The summed E-state index contributed by atoms with van der Waals surface area (Å²) >= 11 is 5.61. The standard InChI is InChI=1S/C8H10ClF2N3/c9-5-3-6(12)8(14-4-5)13-2-1-7(10)11/h3-4,7H,1-2,12H2,(H,13,14). The van der Waals surface area contributed by atoms with Crippen LogP contribution < -0.4 is 11.1 Å². The third-order valence-electron chi connectivity index (χ3n) is 1.54. The molecule has 6 heteroatoms. The zero-order chi connectivity index (χ0) is 10.6. The molecule has 0 aromatic carbocycles. The quantitative estimate of drug-likeness (QED) is 0.821. The van der Waals surface area contributed by atoms with Crippen LogP contribution in [-0.2, 0) is 0 Å². The van der Waals surface area contributed by atoms with Gasteiger partial charge in [-0.1, -0.05) is 11.6 Å². The maximum atomic E-state index is 11.8. The second-order valence-electron chi connectivity index (χ2n) is 2.70. The van der Waals surface area contributed by atoms with Crippen LogP contribution in [0, 0.1) is 0 Å². The van der Waals surface area contributed by atoms with E-state index >= 15 is 0 Å². The van der Waals surface area contributed by atoms with Crippen molar-refractivity contribution in [3.8, 4) is 0 Å². The van der Waals surface area contributed by atoms with Crippen molar-refractivity contribution >= 4 is 23.1 Å². The number of hydrogen-bond acceptors (Lipinski definition) is 3. The molecule has 0 unspecified atom stereocenters. The minimum atomic E-state index is -2.32. The first-order chi connectivity index (χ1) is 6.59. The number of nitrogens with one attached hydrogen (secondary N) is 1. The molecule has 0 saturated heterocycles. The zero-order valence-electron chi connectivity index (χ0n) is 7.30. The number of nitrogens with two attached hydrogens (primary N) is 1. The van der Waals surface area contributed by atoms with Crippen LogP contribution in [-0.4, -0.2) is 18.0 Å². The lowest BCUT2D eigenvalue weighted by atomic mass is 10.3. The molecule has 0 amide bonds. The molecule has 1 aromatic heterocycles. The van der Waals surface area contributed by atoms with Crippen LogP contribution in [0.5, 0.6) is 0 Å². The van der Waals surface area contributed by atoms with E-state index in [1.54, 1.807) is 0 Å². The van der Waals surface area contributed by atoms with E-state index in [9.17, 15) is 8.78 Å². The molecule has 0 saturated carbocycles. The maximum Gasteiger partial charge on any atom is 0.240 e. The number of pyridine rings is 1. The van der Waals surface area contributed by atoms with E-state index in [1.165, 1.54) is 12.3 Å². The van der Waals surface area contributed by atoms with Gasteiger partial charge in [0.15, 0.2) is 0 Å². The monoisotopic (exact) mass is 221 g/mol. The van der Waals surface area contributed by atoms with Gasteiger partial charge in [-0.25, -0.2) is 13.8 Å². The SMILES string of the molecule is Nc1cc(Cl)cnc1NCCC(F)F. The normalized spacial score (nSPS) is 10.6. The van der Waals surface area contributed by atoms with Crippen LogP contribution in [0.25, 0.3) is 0 Å². The van der Waals surface area contributed by atoms with E-state index in [2.05, 4.69) is 10.3 Å². The summed E-state index contributed by atoms with van der Waals surface area (Å²) in [5.41, 5.74) is 5.89. The van der Waals surface area contributed by atoms with Crippen LogP contribution in [0.2, 0.25) is 5.02 Å². The lowest BCUT2D eigenvalue weighted by Crippen LogP contribution is -2.09. The van der Waals surface area contributed by atoms with Gasteiger partial charge in [0.1, 0.15) is 5.82 Å². The van der Waals surface area contributed by atoms with Crippen molar-refractivity contribution in [3.05, 3.63) is 17.3 Å². The van der Waals surface area contributed by atoms with Crippen LogP contribution >= 0.6 is 11.6 Å². The highest BCUT2D eigenvalue weighted by Crippen LogP contribution is 2.19. The molecule has 0 bridgehead atoms. The molecular weight excluding hydrogens is 212 g/mol. The summed E-state index contributed by atoms with van der Waals surface area (Å²) in [6, 6.07) is 1.51. The first-order valence-corrected chi connectivity index (χ1v) is 4.40. The van der Waals surface area contributed by atoms with Gasteiger partial charge in [-0.2, -0.15) is 0 Å². The van der Waals surface area contributed by atoms with E-state index in [4.69, 9.17) is 17.3 Å². The summed E-state index contributed by atoms with van der Waals surface area (Å²) < 4.78 is 23.6. The van der Waals surface area contributed by atoms with Crippen molar-refractivity contribution in [2.45, 2.75) is 12.8 Å². The summed E-state index contributed by atoms with van der Waals surface area (Å²) in [6.45, 7) is 0.135. The number of hydrogen-bond donors (Lipinski definition) is 2. The minimum Gasteiger partial charge on any atom is -0.396 e. The largest absolute Gasteiger partial charge is 0.396 e. The van der Waals surface area contributed by atoms with Gasteiger partial charge in [0.25, 0.3) is 0 Å².